The topological polar surface area (TPSA) is 63.3 Å². The van der Waals surface area contributed by atoms with Gasteiger partial charge in [-0.15, -0.1) is 0 Å². The molecule has 88 valence electrons. The Hall–Kier alpha value is -2.29. The fourth-order valence-electron chi connectivity index (χ4n) is 1.26. The summed E-state index contributed by atoms with van der Waals surface area (Å²) in [6.07, 6.45) is 2.97. The molecule has 0 aliphatic heterocycles. The van der Waals surface area contributed by atoms with Crippen molar-refractivity contribution in [3.05, 3.63) is 71.7 Å². The predicted octanol–water partition coefficient (Wildman–Crippen LogP) is 2.73. The van der Waals surface area contributed by atoms with E-state index in [9.17, 15) is 4.79 Å². The monoisotopic (exact) mass is 229 g/mol. The van der Waals surface area contributed by atoms with Crippen LogP contribution in [0.15, 0.2) is 66.1 Å². The summed E-state index contributed by atoms with van der Waals surface area (Å²) in [6, 6.07) is 8.93. The van der Waals surface area contributed by atoms with Gasteiger partial charge >= 0.3 is 0 Å². The minimum Gasteiger partial charge on any atom is -0.506 e. The number of aliphatic hydroxyl groups is 1. The Labute approximate surface area is 101 Å². The van der Waals surface area contributed by atoms with Crippen LogP contribution in [0.4, 0.5) is 0 Å². The Balaban J connectivity index is 2.87. The van der Waals surface area contributed by atoms with Gasteiger partial charge in [0.25, 0.3) is 0 Å². The normalized spacial score (nSPS) is 12.3. The second-order valence-electron chi connectivity index (χ2n) is 3.67. The second kappa shape index (κ2) is 5.70. The molecule has 0 bridgehead atoms. The van der Waals surface area contributed by atoms with Gasteiger partial charge in [-0.25, -0.2) is 0 Å². The molecule has 0 saturated carbocycles. The molecule has 1 aromatic carbocycles. The number of nitrogens with two attached hydrogens (primary N) is 1. The van der Waals surface area contributed by atoms with Gasteiger partial charge in [-0.1, -0.05) is 36.9 Å². The van der Waals surface area contributed by atoms with Crippen molar-refractivity contribution in [1.29, 1.82) is 0 Å². The summed E-state index contributed by atoms with van der Waals surface area (Å²) in [5.74, 6) is -0.305. The van der Waals surface area contributed by atoms with Crippen molar-refractivity contribution < 1.29 is 9.90 Å². The lowest BCUT2D eigenvalue weighted by molar-refractivity contribution is 0.104. The van der Waals surface area contributed by atoms with Gasteiger partial charge in [0.05, 0.1) is 5.70 Å². The standard InChI is InChI=1S/C14H15NO2/c1-10(8-13(15)11(2)16)9-14(17)12-6-4-3-5-7-12/h3-9,16H,2,15H2,1H3/b10-9+,13-8-. The Morgan fingerprint density at radius 2 is 1.88 bits per heavy atom. The minimum atomic E-state index is -0.204. The Kier molecular flexibility index (Phi) is 4.29. The van der Waals surface area contributed by atoms with Gasteiger partial charge in [-0.2, -0.15) is 0 Å². The molecule has 1 rings (SSSR count). The van der Waals surface area contributed by atoms with Gasteiger partial charge < -0.3 is 10.8 Å². The highest BCUT2D eigenvalue weighted by atomic mass is 16.3. The summed E-state index contributed by atoms with van der Waals surface area (Å²) in [6.45, 7) is 5.03. The molecular formula is C14H15NO2. The van der Waals surface area contributed by atoms with E-state index in [2.05, 4.69) is 6.58 Å². The third-order valence-corrected chi connectivity index (χ3v) is 2.13. The van der Waals surface area contributed by atoms with E-state index in [1.807, 2.05) is 6.07 Å². The molecule has 3 heteroatoms. The molecule has 1 aromatic rings. The van der Waals surface area contributed by atoms with E-state index in [0.717, 1.165) is 0 Å². The zero-order chi connectivity index (χ0) is 12.8. The van der Waals surface area contributed by atoms with Crippen LogP contribution in [0.1, 0.15) is 17.3 Å². The van der Waals surface area contributed by atoms with Crippen molar-refractivity contribution in [3.8, 4) is 0 Å². The molecule has 0 atom stereocenters. The maximum atomic E-state index is 11.8. The SMILES string of the molecule is C=C(O)/C(N)=C/C(C)=C/C(=O)c1ccccc1. The average molecular weight is 229 g/mol. The summed E-state index contributed by atoms with van der Waals surface area (Å²) >= 11 is 0. The fraction of sp³-hybridized carbons (Fsp3) is 0.0714. The first-order valence-electron chi connectivity index (χ1n) is 5.14. The van der Waals surface area contributed by atoms with Crippen molar-refractivity contribution in [2.45, 2.75) is 6.92 Å². The van der Waals surface area contributed by atoms with E-state index in [1.165, 1.54) is 12.2 Å². The van der Waals surface area contributed by atoms with Gasteiger partial charge in [-0.05, 0) is 24.6 Å². The Morgan fingerprint density at radius 1 is 1.29 bits per heavy atom. The van der Waals surface area contributed by atoms with Gasteiger partial charge in [0.15, 0.2) is 5.78 Å². The lowest BCUT2D eigenvalue weighted by Crippen LogP contribution is -2.00. The highest BCUT2D eigenvalue weighted by Crippen LogP contribution is 2.07. The largest absolute Gasteiger partial charge is 0.506 e. The summed E-state index contributed by atoms with van der Waals surface area (Å²) in [5.41, 5.74) is 6.92. The molecule has 3 nitrogen and oxygen atoms in total. The number of benzene rings is 1. The predicted molar refractivity (Wildman–Crippen MR) is 68.6 cm³/mol. The molecule has 0 aliphatic carbocycles. The van der Waals surface area contributed by atoms with Crippen molar-refractivity contribution in [2.75, 3.05) is 0 Å². The Bertz CT molecular complexity index is 484. The van der Waals surface area contributed by atoms with Crippen molar-refractivity contribution in [3.63, 3.8) is 0 Å². The van der Waals surface area contributed by atoms with Crippen LogP contribution in [0.3, 0.4) is 0 Å². The molecule has 0 radical (unpaired) electrons. The lowest BCUT2D eigenvalue weighted by atomic mass is 10.1. The fourth-order valence-corrected chi connectivity index (χ4v) is 1.26. The van der Waals surface area contributed by atoms with Gasteiger partial charge in [0.1, 0.15) is 5.76 Å². The number of hydrogen-bond acceptors (Lipinski definition) is 3. The van der Waals surface area contributed by atoms with Crippen LogP contribution in [-0.4, -0.2) is 10.9 Å². The zero-order valence-corrected chi connectivity index (χ0v) is 9.68. The van der Waals surface area contributed by atoms with Crippen molar-refractivity contribution >= 4 is 5.78 Å². The quantitative estimate of drug-likeness (QED) is 0.361. The van der Waals surface area contributed by atoms with Crippen LogP contribution in [-0.2, 0) is 0 Å². The van der Waals surface area contributed by atoms with Crippen LogP contribution in [0, 0.1) is 0 Å². The number of hydrogen-bond donors (Lipinski definition) is 2. The van der Waals surface area contributed by atoms with Gasteiger partial charge in [-0.3, -0.25) is 4.79 Å². The summed E-state index contributed by atoms with van der Waals surface area (Å²) in [4.78, 5) is 11.8. The number of ketones is 1. The number of allylic oxidation sites excluding steroid dienone is 3. The first-order chi connectivity index (χ1) is 8.00. The summed E-state index contributed by atoms with van der Waals surface area (Å²) in [7, 11) is 0. The van der Waals surface area contributed by atoms with Crippen LogP contribution in [0.5, 0.6) is 0 Å². The van der Waals surface area contributed by atoms with E-state index in [-0.39, 0.29) is 17.2 Å². The first-order valence-corrected chi connectivity index (χ1v) is 5.14. The molecule has 0 aromatic heterocycles. The molecule has 0 unspecified atom stereocenters. The van der Waals surface area contributed by atoms with Crippen LogP contribution in [0.2, 0.25) is 0 Å². The molecule has 17 heavy (non-hydrogen) atoms. The maximum Gasteiger partial charge on any atom is 0.186 e. The molecule has 0 saturated heterocycles. The highest BCUT2D eigenvalue weighted by molar-refractivity contribution is 6.05. The molecule has 0 fully saturated rings. The molecule has 0 amide bonds. The van der Waals surface area contributed by atoms with E-state index >= 15 is 0 Å². The van der Waals surface area contributed by atoms with Crippen LogP contribution < -0.4 is 5.73 Å². The van der Waals surface area contributed by atoms with E-state index in [1.54, 1.807) is 31.2 Å². The van der Waals surface area contributed by atoms with Crippen LogP contribution >= 0.6 is 0 Å². The number of carbonyl (C=O) groups excluding carboxylic acids is 1. The second-order valence-corrected chi connectivity index (χ2v) is 3.67. The minimum absolute atomic E-state index is 0.101. The number of rotatable bonds is 4. The molecular weight excluding hydrogens is 214 g/mol. The van der Waals surface area contributed by atoms with Crippen molar-refractivity contribution in [2.24, 2.45) is 5.73 Å². The van der Waals surface area contributed by atoms with Gasteiger partial charge in [0, 0.05) is 5.56 Å². The summed E-state index contributed by atoms with van der Waals surface area (Å²) in [5, 5.41) is 9.02. The van der Waals surface area contributed by atoms with Gasteiger partial charge in [0.2, 0.25) is 0 Å². The third-order valence-electron chi connectivity index (χ3n) is 2.13. The first kappa shape index (κ1) is 12.8. The van der Waals surface area contributed by atoms with E-state index in [0.29, 0.717) is 11.1 Å². The average Bonchev–Trinajstić information content (AvgIpc) is 2.29. The molecule has 0 spiro atoms. The number of carbonyl (C=O) groups is 1. The maximum absolute atomic E-state index is 11.8. The zero-order valence-electron chi connectivity index (χ0n) is 9.68. The summed E-state index contributed by atoms with van der Waals surface area (Å²) < 4.78 is 0. The van der Waals surface area contributed by atoms with Crippen molar-refractivity contribution in [1.82, 2.24) is 0 Å². The molecule has 0 heterocycles. The Morgan fingerprint density at radius 3 is 2.41 bits per heavy atom. The highest BCUT2D eigenvalue weighted by Gasteiger charge is 2.01. The molecule has 3 N–H and O–H groups in total. The number of aliphatic hydroxyl groups excluding tert-OH is 1. The molecule has 0 aliphatic rings. The van der Waals surface area contributed by atoms with E-state index < -0.39 is 0 Å². The van der Waals surface area contributed by atoms with E-state index in [4.69, 9.17) is 10.8 Å². The van der Waals surface area contributed by atoms with Crippen LogP contribution in [0.25, 0.3) is 0 Å². The third kappa shape index (κ3) is 3.99. The smallest absolute Gasteiger partial charge is 0.186 e. The lowest BCUT2D eigenvalue weighted by Gasteiger charge is -1.99.